The van der Waals surface area contributed by atoms with Gasteiger partial charge in [0.15, 0.2) is 0 Å². The van der Waals surface area contributed by atoms with Gasteiger partial charge in [0.1, 0.15) is 0 Å². The molecule has 0 unspecified atom stereocenters. The maximum atomic E-state index is 5.94. The smallest absolute Gasteiger partial charge is 0.0701 e. The first-order chi connectivity index (χ1) is 8.21. The molecule has 0 heterocycles. The molecule has 0 radical (unpaired) electrons. The fourth-order valence-electron chi connectivity index (χ4n) is 3.23. The molecule has 1 saturated carbocycles. The van der Waals surface area contributed by atoms with E-state index in [1.807, 2.05) is 7.11 Å². The molecule has 0 amide bonds. The van der Waals surface area contributed by atoms with E-state index in [2.05, 4.69) is 13.8 Å². The first-order valence-corrected chi connectivity index (χ1v) is 7.76. The van der Waals surface area contributed by atoms with E-state index in [0.717, 1.165) is 0 Å². The third-order valence-electron chi connectivity index (χ3n) is 4.66. The first-order valence-electron chi connectivity index (χ1n) is 7.76. The van der Waals surface area contributed by atoms with E-state index in [1.54, 1.807) is 0 Å². The van der Waals surface area contributed by atoms with Gasteiger partial charge in [0.2, 0.25) is 0 Å². The van der Waals surface area contributed by atoms with Gasteiger partial charge in [-0.2, -0.15) is 0 Å². The lowest BCUT2D eigenvalue weighted by atomic mass is 9.80. The highest BCUT2D eigenvalue weighted by Gasteiger charge is 2.32. The molecule has 0 bridgehead atoms. The van der Waals surface area contributed by atoms with Crippen LogP contribution in [-0.2, 0) is 4.74 Å². The highest BCUT2D eigenvalue weighted by atomic mass is 16.5. The van der Waals surface area contributed by atoms with Crippen molar-refractivity contribution in [3.63, 3.8) is 0 Å². The SMILES string of the molecule is COC1(C(C)C)CCCCCCCCCCC1. The second-order valence-corrected chi connectivity index (χ2v) is 6.11. The van der Waals surface area contributed by atoms with Crippen LogP contribution in [0.5, 0.6) is 0 Å². The Hall–Kier alpha value is -0.0400. The Bertz CT molecular complexity index is 174. The molecule has 1 aliphatic carbocycles. The molecule has 0 aromatic heterocycles. The van der Waals surface area contributed by atoms with Gasteiger partial charge in [-0.25, -0.2) is 0 Å². The van der Waals surface area contributed by atoms with Gasteiger partial charge >= 0.3 is 0 Å². The summed E-state index contributed by atoms with van der Waals surface area (Å²) in [5.74, 6) is 0.649. The van der Waals surface area contributed by atoms with Gasteiger partial charge in [-0.1, -0.05) is 71.6 Å². The van der Waals surface area contributed by atoms with Crippen LogP contribution >= 0.6 is 0 Å². The van der Waals surface area contributed by atoms with Crippen molar-refractivity contribution in [1.82, 2.24) is 0 Å². The maximum absolute atomic E-state index is 5.94. The van der Waals surface area contributed by atoms with Gasteiger partial charge < -0.3 is 4.74 Å². The van der Waals surface area contributed by atoms with Crippen molar-refractivity contribution >= 4 is 0 Å². The molecule has 0 N–H and O–H groups in total. The lowest BCUT2D eigenvalue weighted by Crippen LogP contribution is -2.37. The molecule has 102 valence electrons. The summed E-state index contributed by atoms with van der Waals surface area (Å²) in [5, 5.41) is 0. The molecule has 0 aliphatic heterocycles. The Labute approximate surface area is 108 Å². The van der Waals surface area contributed by atoms with Gasteiger partial charge in [0.25, 0.3) is 0 Å². The zero-order valence-corrected chi connectivity index (χ0v) is 12.3. The van der Waals surface area contributed by atoms with Crippen LogP contribution in [0.1, 0.15) is 84.5 Å². The van der Waals surface area contributed by atoms with Crippen LogP contribution in [0.15, 0.2) is 0 Å². The monoisotopic (exact) mass is 240 g/mol. The van der Waals surface area contributed by atoms with Crippen molar-refractivity contribution < 1.29 is 4.74 Å². The summed E-state index contributed by atoms with van der Waals surface area (Å²) in [6.07, 6.45) is 15.2. The highest BCUT2D eigenvalue weighted by molar-refractivity contribution is 4.84. The number of hydrogen-bond acceptors (Lipinski definition) is 1. The fraction of sp³-hybridized carbons (Fsp3) is 1.00. The molecule has 1 aliphatic rings. The number of rotatable bonds is 2. The quantitative estimate of drug-likeness (QED) is 0.633. The van der Waals surface area contributed by atoms with Crippen LogP contribution in [0.4, 0.5) is 0 Å². The molecule has 0 saturated heterocycles. The van der Waals surface area contributed by atoms with Gasteiger partial charge in [-0.3, -0.25) is 0 Å². The van der Waals surface area contributed by atoms with E-state index in [0.29, 0.717) is 5.92 Å². The third kappa shape index (κ3) is 4.99. The first kappa shape index (κ1) is 15.0. The summed E-state index contributed by atoms with van der Waals surface area (Å²) in [5.41, 5.74) is 0.166. The molecular formula is C16H32O. The van der Waals surface area contributed by atoms with Crippen LogP contribution in [0.2, 0.25) is 0 Å². The van der Waals surface area contributed by atoms with Crippen LogP contribution in [0.25, 0.3) is 0 Å². The minimum Gasteiger partial charge on any atom is -0.378 e. The summed E-state index contributed by atoms with van der Waals surface area (Å²) in [6, 6.07) is 0. The average Bonchev–Trinajstić information content (AvgIpc) is 2.30. The summed E-state index contributed by atoms with van der Waals surface area (Å²) in [7, 11) is 1.92. The third-order valence-corrected chi connectivity index (χ3v) is 4.66. The Morgan fingerprint density at radius 3 is 1.35 bits per heavy atom. The van der Waals surface area contributed by atoms with E-state index in [-0.39, 0.29) is 5.60 Å². The van der Waals surface area contributed by atoms with Crippen LogP contribution in [0, 0.1) is 5.92 Å². The van der Waals surface area contributed by atoms with Gasteiger partial charge in [0, 0.05) is 7.11 Å². The van der Waals surface area contributed by atoms with E-state index in [9.17, 15) is 0 Å². The Morgan fingerprint density at radius 1 is 0.706 bits per heavy atom. The van der Waals surface area contributed by atoms with Crippen molar-refractivity contribution in [2.45, 2.75) is 90.1 Å². The van der Waals surface area contributed by atoms with Crippen molar-refractivity contribution in [3.8, 4) is 0 Å². The predicted molar refractivity (Wildman–Crippen MR) is 75.4 cm³/mol. The Balaban J connectivity index is 2.52. The van der Waals surface area contributed by atoms with Crippen LogP contribution in [-0.4, -0.2) is 12.7 Å². The molecule has 1 rings (SSSR count). The molecule has 0 atom stereocenters. The number of methoxy groups -OCH3 is 1. The van der Waals surface area contributed by atoms with Crippen molar-refractivity contribution in [3.05, 3.63) is 0 Å². The lowest BCUT2D eigenvalue weighted by molar-refractivity contribution is -0.0641. The van der Waals surface area contributed by atoms with Crippen molar-refractivity contribution in [2.24, 2.45) is 5.92 Å². The number of ether oxygens (including phenoxy) is 1. The van der Waals surface area contributed by atoms with E-state index in [1.165, 1.54) is 70.6 Å². The standard InChI is InChI=1S/C16H32O/c1-15(2)16(17-3)13-11-9-7-5-4-6-8-10-12-14-16/h15H,4-14H2,1-3H3. The highest BCUT2D eigenvalue weighted by Crippen LogP contribution is 2.34. The van der Waals surface area contributed by atoms with E-state index in [4.69, 9.17) is 4.74 Å². The lowest BCUT2D eigenvalue weighted by Gasteiger charge is -2.37. The largest absolute Gasteiger partial charge is 0.378 e. The summed E-state index contributed by atoms with van der Waals surface area (Å²) in [6.45, 7) is 4.66. The Kier molecular flexibility index (Phi) is 7.18. The number of hydrogen-bond donors (Lipinski definition) is 0. The summed E-state index contributed by atoms with van der Waals surface area (Å²) < 4.78 is 5.94. The molecule has 0 aromatic carbocycles. The van der Waals surface area contributed by atoms with Crippen molar-refractivity contribution in [1.29, 1.82) is 0 Å². The van der Waals surface area contributed by atoms with E-state index < -0.39 is 0 Å². The topological polar surface area (TPSA) is 9.23 Å². The molecule has 0 aromatic rings. The average molecular weight is 240 g/mol. The van der Waals surface area contributed by atoms with Crippen molar-refractivity contribution in [2.75, 3.05) is 7.11 Å². The molecule has 1 nitrogen and oxygen atoms in total. The van der Waals surface area contributed by atoms with E-state index >= 15 is 0 Å². The summed E-state index contributed by atoms with van der Waals surface area (Å²) >= 11 is 0. The molecule has 1 fully saturated rings. The zero-order chi connectivity index (χ0) is 12.6. The molecular weight excluding hydrogens is 208 g/mol. The van der Waals surface area contributed by atoms with Crippen LogP contribution < -0.4 is 0 Å². The normalized spacial score (nSPS) is 24.0. The van der Waals surface area contributed by atoms with Crippen LogP contribution in [0.3, 0.4) is 0 Å². The maximum Gasteiger partial charge on any atom is 0.0701 e. The van der Waals surface area contributed by atoms with Gasteiger partial charge in [-0.05, 0) is 18.8 Å². The second kappa shape index (κ2) is 8.13. The predicted octanol–water partition coefficient (Wildman–Crippen LogP) is 5.33. The minimum atomic E-state index is 0.166. The van der Waals surface area contributed by atoms with Gasteiger partial charge in [-0.15, -0.1) is 0 Å². The molecule has 17 heavy (non-hydrogen) atoms. The Morgan fingerprint density at radius 2 is 1.06 bits per heavy atom. The summed E-state index contributed by atoms with van der Waals surface area (Å²) in [4.78, 5) is 0. The second-order valence-electron chi connectivity index (χ2n) is 6.11. The molecule has 0 spiro atoms. The molecule has 1 heteroatoms. The van der Waals surface area contributed by atoms with Gasteiger partial charge in [0.05, 0.1) is 5.60 Å². The minimum absolute atomic E-state index is 0.166. The fourth-order valence-corrected chi connectivity index (χ4v) is 3.23. The zero-order valence-electron chi connectivity index (χ0n) is 12.3.